The highest BCUT2D eigenvalue weighted by Crippen LogP contribution is 2.18. The van der Waals surface area contributed by atoms with Gasteiger partial charge in [0.15, 0.2) is 10.6 Å². The fourth-order valence-corrected chi connectivity index (χ4v) is 3.13. The molecule has 0 aliphatic heterocycles. The predicted octanol–water partition coefficient (Wildman–Crippen LogP) is 4.28. The molecule has 1 aromatic heterocycles. The number of ether oxygens (including phenoxy) is 1. The Morgan fingerprint density at radius 3 is 2.66 bits per heavy atom. The SMILES string of the molecule is Cc1ccc(-c2n[nH]c(=S)n2CCC(=O)NCCCCOc2ccccc2)cc1. The smallest absolute Gasteiger partial charge is 0.221 e. The second-order valence-electron chi connectivity index (χ2n) is 6.84. The molecule has 2 N–H and O–H groups in total. The lowest BCUT2D eigenvalue weighted by atomic mass is 10.1. The number of aromatic nitrogens is 3. The first-order chi connectivity index (χ1) is 14.1. The lowest BCUT2D eigenvalue weighted by molar-refractivity contribution is -0.121. The van der Waals surface area contributed by atoms with Gasteiger partial charge in [-0.3, -0.25) is 14.5 Å². The molecule has 1 amide bonds. The van der Waals surface area contributed by atoms with Gasteiger partial charge in [0.25, 0.3) is 0 Å². The van der Waals surface area contributed by atoms with Crippen LogP contribution < -0.4 is 10.1 Å². The first-order valence-corrected chi connectivity index (χ1v) is 10.2. The van der Waals surface area contributed by atoms with E-state index in [1.807, 2.05) is 66.1 Å². The largest absolute Gasteiger partial charge is 0.494 e. The number of hydrogen-bond donors (Lipinski definition) is 2. The van der Waals surface area contributed by atoms with Crippen molar-refractivity contribution in [2.24, 2.45) is 0 Å². The van der Waals surface area contributed by atoms with Crippen molar-refractivity contribution in [1.82, 2.24) is 20.1 Å². The van der Waals surface area contributed by atoms with Crippen LogP contribution in [0.4, 0.5) is 0 Å². The molecule has 152 valence electrons. The monoisotopic (exact) mass is 410 g/mol. The van der Waals surface area contributed by atoms with Crippen molar-refractivity contribution in [2.75, 3.05) is 13.2 Å². The lowest BCUT2D eigenvalue weighted by Gasteiger charge is -2.09. The normalized spacial score (nSPS) is 10.7. The zero-order valence-electron chi connectivity index (χ0n) is 16.6. The standard InChI is InChI=1S/C22H26N4O2S/c1-17-9-11-18(12-10-17)21-24-25-22(29)26(21)15-13-20(27)23-14-5-6-16-28-19-7-3-2-4-8-19/h2-4,7-12H,5-6,13-16H2,1H3,(H,23,27)(H,25,29). The predicted molar refractivity (Wildman–Crippen MR) is 116 cm³/mol. The molecule has 0 aliphatic rings. The van der Waals surface area contributed by atoms with E-state index in [-0.39, 0.29) is 5.91 Å². The summed E-state index contributed by atoms with van der Waals surface area (Å²) in [4.78, 5) is 12.2. The summed E-state index contributed by atoms with van der Waals surface area (Å²) < 4.78 is 8.04. The summed E-state index contributed by atoms with van der Waals surface area (Å²) in [5, 5.41) is 10.1. The van der Waals surface area contributed by atoms with Gasteiger partial charge in [-0.05, 0) is 44.1 Å². The highest BCUT2D eigenvalue weighted by Gasteiger charge is 2.10. The molecule has 0 saturated carbocycles. The number of H-pyrrole nitrogens is 1. The Labute approximate surface area is 175 Å². The average Bonchev–Trinajstić information content (AvgIpc) is 3.10. The number of aryl methyl sites for hydroxylation is 1. The summed E-state index contributed by atoms with van der Waals surface area (Å²) in [6.07, 6.45) is 2.12. The molecular weight excluding hydrogens is 384 g/mol. The van der Waals surface area contributed by atoms with Crippen LogP contribution in [0, 0.1) is 11.7 Å². The van der Waals surface area contributed by atoms with Gasteiger partial charge in [0, 0.05) is 25.1 Å². The lowest BCUT2D eigenvalue weighted by Crippen LogP contribution is -2.25. The van der Waals surface area contributed by atoms with E-state index < -0.39 is 0 Å². The summed E-state index contributed by atoms with van der Waals surface area (Å²) in [6.45, 7) is 3.81. The number of rotatable bonds is 10. The van der Waals surface area contributed by atoms with Crippen LogP contribution in [0.1, 0.15) is 24.8 Å². The molecule has 0 radical (unpaired) electrons. The Hall–Kier alpha value is -2.93. The number of para-hydroxylation sites is 1. The van der Waals surface area contributed by atoms with Gasteiger partial charge >= 0.3 is 0 Å². The number of carbonyl (C=O) groups is 1. The Morgan fingerprint density at radius 2 is 1.90 bits per heavy atom. The van der Waals surface area contributed by atoms with Crippen LogP contribution in [0.5, 0.6) is 5.75 Å². The quantitative estimate of drug-likeness (QED) is 0.386. The maximum Gasteiger partial charge on any atom is 0.221 e. The second kappa shape index (κ2) is 10.6. The molecule has 0 spiro atoms. The average molecular weight is 411 g/mol. The summed E-state index contributed by atoms with van der Waals surface area (Å²) >= 11 is 5.33. The molecule has 0 fully saturated rings. The fourth-order valence-electron chi connectivity index (χ4n) is 2.91. The second-order valence-corrected chi connectivity index (χ2v) is 7.23. The third-order valence-electron chi connectivity index (χ3n) is 4.54. The molecule has 3 rings (SSSR count). The number of benzene rings is 2. The molecule has 2 aromatic carbocycles. The molecule has 3 aromatic rings. The van der Waals surface area contributed by atoms with Crippen LogP contribution in [0.3, 0.4) is 0 Å². The van der Waals surface area contributed by atoms with Crippen molar-refractivity contribution >= 4 is 18.1 Å². The van der Waals surface area contributed by atoms with E-state index >= 15 is 0 Å². The molecule has 7 heteroatoms. The van der Waals surface area contributed by atoms with E-state index in [1.165, 1.54) is 5.56 Å². The molecule has 0 atom stereocenters. The molecular formula is C22H26N4O2S. The van der Waals surface area contributed by atoms with Crippen LogP contribution in [0.15, 0.2) is 54.6 Å². The van der Waals surface area contributed by atoms with Crippen LogP contribution in [0.2, 0.25) is 0 Å². The van der Waals surface area contributed by atoms with Gasteiger partial charge in [0.05, 0.1) is 6.61 Å². The van der Waals surface area contributed by atoms with Gasteiger partial charge in [-0.1, -0.05) is 48.0 Å². The zero-order valence-corrected chi connectivity index (χ0v) is 17.4. The van der Waals surface area contributed by atoms with Crippen LogP contribution >= 0.6 is 12.2 Å². The molecule has 0 bridgehead atoms. The maximum atomic E-state index is 12.2. The molecule has 6 nitrogen and oxygen atoms in total. The number of nitrogens with zero attached hydrogens (tertiary/aromatic N) is 2. The summed E-state index contributed by atoms with van der Waals surface area (Å²) in [6, 6.07) is 17.8. The van der Waals surface area contributed by atoms with Crippen LogP contribution in [0.25, 0.3) is 11.4 Å². The summed E-state index contributed by atoms with van der Waals surface area (Å²) in [5.74, 6) is 1.63. The van der Waals surface area contributed by atoms with Gasteiger partial charge in [0.1, 0.15) is 5.75 Å². The van der Waals surface area contributed by atoms with Crippen molar-refractivity contribution in [3.05, 3.63) is 64.9 Å². The van der Waals surface area contributed by atoms with Gasteiger partial charge in [0.2, 0.25) is 5.91 Å². The fraction of sp³-hybridized carbons (Fsp3) is 0.318. The number of aromatic amines is 1. The first kappa shape index (κ1) is 20.8. The summed E-state index contributed by atoms with van der Waals surface area (Å²) in [5.41, 5.74) is 2.16. The number of nitrogens with one attached hydrogen (secondary N) is 2. The number of amides is 1. The Morgan fingerprint density at radius 1 is 1.14 bits per heavy atom. The molecule has 1 heterocycles. The van der Waals surface area contributed by atoms with Gasteiger partial charge < -0.3 is 10.1 Å². The Kier molecular flexibility index (Phi) is 7.58. The number of unbranched alkanes of at least 4 members (excludes halogenated alkanes) is 1. The van der Waals surface area contributed by atoms with Crippen molar-refractivity contribution in [3.63, 3.8) is 0 Å². The van der Waals surface area contributed by atoms with E-state index in [2.05, 4.69) is 15.5 Å². The van der Waals surface area contributed by atoms with E-state index in [4.69, 9.17) is 17.0 Å². The van der Waals surface area contributed by atoms with Gasteiger partial charge in [-0.15, -0.1) is 0 Å². The van der Waals surface area contributed by atoms with Crippen LogP contribution in [-0.4, -0.2) is 33.8 Å². The van der Waals surface area contributed by atoms with Gasteiger partial charge in [-0.25, -0.2) is 0 Å². The Balaban J connectivity index is 1.39. The third-order valence-corrected chi connectivity index (χ3v) is 4.85. The summed E-state index contributed by atoms with van der Waals surface area (Å²) in [7, 11) is 0. The van der Waals surface area contributed by atoms with Crippen molar-refractivity contribution < 1.29 is 9.53 Å². The van der Waals surface area contributed by atoms with E-state index in [0.29, 0.717) is 30.9 Å². The van der Waals surface area contributed by atoms with E-state index in [9.17, 15) is 4.79 Å². The van der Waals surface area contributed by atoms with Crippen LogP contribution in [-0.2, 0) is 11.3 Å². The molecule has 0 saturated heterocycles. The maximum absolute atomic E-state index is 12.2. The minimum absolute atomic E-state index is 0.00642. The van der Waals surface area contributed by atoms with Crippen molar-refractivity contribution in [1.29, 1.82) is 0 Å². The van der Waals surface area contributed by atoms with Crippen molar-refractivity contribution in [2.45, 2.75) is 32.7 Å². The first-order valence-electron chi connectivity index (χ1n) is 9.80. The zero-order chi connectivity index (χ0) is 20.5. The molecule has 0 unspecified atom stereocenters. The van der Waals surface area contributed by atoms with E-state index in [1.54, 1.807) is 0 Å². The van der Waals surface area contributed by atoms with Gasteiger partial charge in [-0.2, -0.15) is 5.10 Å². The molecule has 0 aliphatic carbocycles. The minimum Gasteiger partial charge on any atom is -0.494 e. The highest BCUT2D eigenvalue weighted by atomic mass is 32.1. The highest BCUT2D eigenvalue weighted by molar-refractivity contribution is 7.71. The third kappa shape index (κ3) is 6.29. The Bertz CT molecular complexity index is 964. The minimum atomic E-state index is 0.00642. The van der Waals surface area contributed by atoms with E-state index in [0.717, 1.165) is 30.0 Å². The van der Waals surface area contributed by atoms with Crippen molar-refractivity contribution in [3.8, 4) is 17.1 Å². The number of hydrogen-bond acceptors (Lipinski definition) is 4. The number of carbonyl (C=O) groups excluding carboxylic acids is 1. The topological polar surface area (TPSA) is 71.9 Å². The molecule has 29 heavy (non-hydrogen) atoms.